The molecular weight excluding hydrogens is 636 g/mol. The number of hydrogen-bond donors (Lipinski definition) is 7. The van der Waals surface area contributed by atoms with Crippen LogP contribution in [0.3, 0.4) is 0 Å². The SMILES string of the molecule is Cc1cc(O)cc(C)c1C[C@H](N=C(N)N)C(=O)N1Cc2ccccc2C[C@H]1C(=O)N[C@@H](CCCCN)C(=O)N[C@@H](Cc1ccccc1)C(N)=O. The molecule has 266 valence electrons. The molecule has 13 nitrogen and oxygen atoms in total. The zero-order chi connectivity index (χ0) is 36.4. The Kier molecular flexibility index (Phi) is 12.9. The number of benzene rings is 3. The van der Waals surface area contributed by atoms with Crippen LogP contribution in [0.25, 0.3) is 0 Å². The van der Waals surface area contributed by atoms with Crippen molar-refractivity contribution in [2.45, 2.75) is 83.1 Å². The number of aromatic hydroxyl groups is 1. The Morgan fingerprint density at radius 3 is 2.14 bits per heavy atom. The lowest BCUT2D eigenvalue weighted by Crippen LogP contribution is -2.59. The highest BCUT2D eigenvalue weighted by Gasteiger charge is 2.39. The number of primary amides is 1. The van der Waals surface area contributed by atoms with E-state index in [0.717, 1.165) is 33.4 Å². The van der Waals surface area contributed by atoms with Gasteiger partial charge in [-0.05, 0) is 85.2 Å². The fourth-order valence-corrected chi connectivity index (χ4v) is 6.41. The molecule has 0 aromatic heterocycles. The number of unbranched alkanes of at least 4 members (excludes halogenated alkanes) is 1. The van der Waals surface area contributed by atoms with Crippen LogP contribution in [0.2, 0.25) is 0 Å². The predicted molar refractivity (Wildman–Crippen MR) is 191 cm³/mol. The zero-order valence-corrected chi connectivity index (χ0v) is 28.6. The number of guanidine groups is 1. The van der Waals surface area contributed by atoms with Crippen LogP contribution in [0, 0.1) is 13.8 Å². The lowest BCUT2D eigenvalue weighted by atomic mass is 9.91. The largest absolute Gasteiger partial charge is 0.508 e. The fourth-order valence-electron chi connectivity index (χ4n) is 6.41. The second-order valence-corrected chi connectivity index (χ2v) is 12.8. The van der Waals surface area contributed by atoms with Gasteiger partial charge in [-0.15, -0.1) is 0 Å². The van der Waals surface area contributed by atoms with Gasteiger partial charge in [0, 0.05) is 25.8 Å². The van der Waals surface area contributed by atoms with E-state index in [4.69, 9.17) is 22.9 Å². The van der Waals surface area contributed by atoms with Gasteiger partial charge in [-0.3, -0.25) is 19.2 Å². The topological polar surface area (TPSA) is 232 Å². The van der Waals surface area contributed by atoms with E-state index in [0.29, 0.717) is 19.4 Å². The van der Waals surface area contributed by atoms with Crippen molar-refractivity contribution in [3.63, 3.8) is 0 Å². The van der Waals surface area contributed by atoms with Gasteiger partial charge in [-0.1, -0.05) is 54.6 Å². The molecule has 4 rings (SSSR count). The molecule has 4 atom stereocenters. The Labute approximate surface area is 292 Å². The first-order valence-corrected chi connectivity index (χ1v) is 16.8. The Hall–Kier alpha value is -5.43. The molecule has 0 spiro atoms. The molecule has 0 unspecified atom stereocenters. The third-order valence-electron chi connectivity index (χ3n) is 9.03. The number of nitrogens with zero attached hydrogens (tertiary/aromatic N) is 2. The maximum absolute atomic E-state index is 14.4. The number of phenols is 1. The number of amides is 4. The molecule has 1 aliphatic heterocycles. The summed E-state index contributed by atoms with van der Waals surface area (Å²) in [6, 6.07) is 15.8. The van der Waals surface area contributed by atoms with Gasteiger partial charge in [0.2, 0.25) is 23.6 Å². The van der Waals surface area contributed by atoms with Crippen LogP contribution in [0.5, 0.6) is 5.75 Å². The third kappa shape index (κ3) is 9.82. The number of fused-ring (bicyclic) bond motifs is 1. The standard InChI is InChI=1S/C37H48N8O5/c1-22-16-27(46)17-23(2)28(22)20-31(44-37(40)41)36(50)45-21-26-13-7-6-12-25(26)19-32(45)35(49)42-29(14-8-9-15-38)34(48)43-30(33(39)47)18-24-10-4-3-5-11-24/h3-7,10-13,16-17,29-32,46H,8-9,14-15,18-21,38H2,1-2H3,(H2,39,47)(H,42,49)(H,43,48)(H4,40,41,44)/t29-,30-,31-,32-/m0/s1. The Bertz CT molecular complexity index is 1690. The number of nitrogens with two attached hydrogens (primary N) is 4. The summed E-state index contributed by atoms with van der Waals surface area (Å²) in [7, 11) is 0. The van der Waals surface area contributed by atoms with Crippen LogP contribution < -0.4 is 33.6 Å². The number of carbonyl (C=O) groups excluding carboxylic acids is 4. The number of phenolic OH excluding ortho intramolecular Hbond substituents is 1. The molecule has 0 fully saturated rings. The molecule has 50 heavy (non-hydrogen) atoms. The van der Waals surface area contributed by atoms with Crippen molar-refractivity contribution >= 4 is 29.6 Å². The van der Waals surface area contributed by atoms with E-state index >= 15 is 0 Å². The molecule has 1 aliphatic rings. The number of rotatable bonds is 15. The van der Waals surface area contributed by atoms with Crippen molar-refractivity contribution in [3.05, 3.63) is 100 Å². The molecule has 0 bridgehead atoms. The lowest BCUT2D eigenvalue weighted by molar-refractivity contribution is -0.143. The van der Waals surface area contributed by atoms with E-state index in [1.807, 2.05) is 68.4 Å². The van der Waals surface area contributed by atoms with Crippen molar-refractivity contribution in [1.29, 1.82) is 0 Å². The first-order valence-electron chi connectivity index (χ1n) is 16.8. The summed E-state index contributed by atoms with van der Waals surface area (Å²) in [6.07, 6.45) is 1.89. The highest BCUT2D eigenvalue weighted by atomic mass is 16.3. The van der Waals surface area contributed by atoms with Gasteiger partial charge in [0.25, 0.3) is 0 Å². The molecule has 0 saturated carbocycles. The molecule has 0 radical (unpaired) electrons. The van der Waals surface area contributed by atoms with Gasteiger partial charge in [0.1, 0.15) is 29.9 Å². The molecule has 13 heteroatoms. The normalized spacial score (nSPS) is 15.6. The van der Waals surface area contributed by atoms with Crippen LogP contribution in [0.4, 0.5) is 0 Å². The van der Waals surface area contributed by atoms with Crippen molar-refractivity contribution in [2.75, 3.05) is 6.54 Å². The number of aliphatic imine (C=N–C) groups is 1. The minimum Gasteiger partial charge on any atom is -0.508 e. The fraction of sp³-hybridized carbons (Fsp3) is 0.378. The second-order valence-electron chi connectivity index (χ2n) is 12.8. The second kappa shape index (κ2) is 17.3. The average molecular weight is 685 g/mol. The quantitative estimate of drug-likeness (QED) is 0.0691. The Balaban J connectivity index is 1.63. The monoisotopic (exact) mass is 684 g/mol. The third-order valence-corrected chi connectivity index (χ3v) is 9.03. The Morgan fingerprint density at radius 1 is 0.880 bits per heavy atom. The van der Waals surface area contributed by atoms with Crippen molar-refractivity contribution < 1.29 is 24.3 Å². The predicted octanol–water partition coefficient (Wildman–Crippen LogP) is 0.974. The minimum atomic E-state index is -1.07. The van der Waals surface area contributed by atoms with Gasteiger partial charge in [-0.25, -0.2) is 4.99 Å². The van der Waals surface area contributed by atoms with Crippen LogP contribution in [0.15, 0.2) is 71.7 Å². The first-order chi connectivity index (χ1) is 23.9. The molecule has 3 aromatic rings. The molecule has 0 saturated heterocycles. The van der Waals surface area contributed by atoms with Crippen LogP contribution in [0.1, 0.15) is 52.6 Å². The summed E-state index contributed by atoms with van der Waals surface area (Å²) in [5.74, 6) is -2.47. The van der Waals surface area contributed by atoms with E-state index in [2.05, 4.69) is 15.6 Å². The number of nitrogens with one attached hydrogen (secondary N) is 2. The van der Waals surface area contributed by atoms with E-state index < -0.39 is 47.8 Å². The van der Waals surface area contributed by atoms with Crippen LogP contribution in [-0.2, 0) is 45.0 Å². The summed E-state index contributed by atoms with van der Waals surface area (Å²) >= 11 is 0. The number of carbonyl (C=O) groups is 4. The van der Waals surface area contributed by atoms with Gasteiger partial charge in [0.15, 0.2) is 5.96 Å². The first kappa shape index (κ1) is 37.4. The van der Waals surface area contributed by atoms with Gasteiger partial charge < -0.3 is 43.6 Å². The molecule has 3 aromatic carbocycles. The van der Waals surface area contributed by atoms with Crippen LogP contribution >= 0.6 is 0 Å². The van der Waals surface area contributed by atoms with E-state index in [-0.39, 0.29) is 43.9 Å². The van der Waals surface area contributed by atoms with Crippen molar-refractivity contribution in [3.8, 4) is 5.75 Å². The number of aryl methyl sites for hydroxylation is 2. The van der Waals surface area contributed by atoms with Crippen LogP contribution in [-0.4, -0.2) is 70.3 Å². The van der Waals surface area contributed by atoms with Crippen molar-refractivity contribution in [2.24, 2.45) is 27.9 Å². The summed E-state index contributed by atoms with van der Waals surface area (Å²) in [5.41, 5.74) is 27.9. The van der Waals surface area contributed by atoms with Crippen molar-refractivity contribution in [1.82, 2.24) is 15.5 Å². The maximum Gasteiger partial charge on any atom is 0.248 e. The summed E-state index contributed by atoms with van der Waals surface area (Å²) in [4.78, 5) is 60.4. The molecule has 11 N–H and O–H groups in total. The lowest BCUT2D eigenvalue weighted by Gasteiger charge is -2.38. The average Bonchev–Trinajstić information content (AvgIpc) is 3.07. The summed E-state index contributed by atoms with van der Waals surface area (Å²) in [6.45, 7) is 4.16. The minimum absolute atomic E-state index is 0.102. The molecule has 4 amide bonds. The summed E-state index contributed by atoms with van der Waals surface area (Å²) < 4.78 is 0. The van der Waals surface area contributed by atoms with E-state index in [1.54, 1.807) is 12.1 Å². The smallest absolute Gasteiger partial charge is 0.248 e. The molecule has 0 aliphatic carbocycles. The highest BCUT2D eigenvalue weighted by Crippen LogP contribution is 2.28. The van der Waals surface area contributed by atoms with E-state index in [9.17, 15) is 24.3 Å². The zero-order valence-electron chi connectivity index (χ0n) is 28.6. The van der Waals surface area contributed by atoms with E-state index in [1.165, 1.54) is 4.90 Å². The van der Waals surface area contributed by atoms with Gasteiger partial charge in [0.05, 0.1) is 0 Å². The summed E-state index contributed by atoms with van der Waals surface area (Å²) in [5, 5.41) is 15.7. The maximum atomic E-state index is 14.4. The van der Waals surface area contributed by atoms with Gasteiger partial charge >= 0.3 is 0 Å². The Morgan fingerprint density at radius 2 is 1.52 bits per heavy atom. The van der Waals surface area contributed by atoms with Gasteiger partial charge in [-0.2, -0.15) is 0 Å². The molecule has 1 heterocycles. The highest BCUT2D eigenvalue weighted by molar-refractivity contribution is 5.95. The molecular formula is C37H48N8O5. The number of hydrogen-bond acceptors (Lipinski definition) is 7.